The van der Waals surface area contributed by atoms with E-state index < -0.39 is 0 Å². The third-order valence-corrected chi connectivity index (χ3v) is 3.29. The lowest BCUT2D eigenvalue weighted by Crippen LogP contribution is -2.13. The summed E-state index contributed by atoms with van der Waals surface area (Å²) in [6.45, 7) is 4.23. The van der Waals surface area contributed by atoms with E-state index in [-0.39, 0.29) is 6.04 Å². The second kappa shape index (κ2) is 5.55. The van der Waals surface area contributed by atoms with Gasteiger partial charge in [-0.1, -0.05) is 53.1 Å². The van der Waals surface area contributed by atoms with Gasteiger partial charge in [-0.2, -0.15) is 0 Å². The van der Waals surface area contributed by atoms with Crippen LogP contribution >= 0.6 is 11.6 Å². The SMILES string of the molecule is Cc1cc(C)cc(CC(N)c2ccc(Cl)cc2)c1. The highest BCUT2D eigenvalue weighted by molar-refractivity contribution is 6.30. The molecule has 0 spiro atoms. The molecule has 18 heavy (non-hydrogen) atoms. The molecule has 0 amide bonds. The van der Waals surface area contributed by atoms with Gasteiger partial charge in [0, 0.05) is 11.1 Å². The van der Waals surface area contributed by atoms with E-state index in [1.54, 1.807) is 0 Å². The number of rotatable bonds is 3. The van der Waals surface area contributed by atoms with E-state index in [1.807, 2.05) is 24.3 Å². The van der Waals surface area contributed by atoms with Crippen LogP contribution < -0.4 is 5.73 Å². The monoisotopic (exact) mass is 259 g/mol. The lowest BCUT2D eigenvalue weighted by Gasteiger charge is -2.13. The molecule has 0 aliphatic heterocycles. The number of halogens is 1. The predicted molar refractivity (Wildman–Crippen MR) is 78.0 cm³/mol. The van der Waals surface area contributed by atoms with Gasteiger partial charge in [-0.15, -0.1) is 0 Å². The normalized spacial score (nSPS) is 12.4. The van der Waals surface area contributed by atoms with Gasteiger partial charge in [0.15, 0.2) is 0 Å². The molecule has 0 radical (unpaired) electrons. The van der Waals surface area contributed by atoms with Gasteiger partial charge < -0.3 is 5.73 Å². The molecule has 1 nitrogen and oxygen atoms in total. The minimum absolute atomic E-state index is 0.0171. The van der Waals surface area contributed by atoms with Crippen LogP contribution in [-0.2, 0) is 6.42 Å². The molecule has 0 bridgehead atoms. The van der Waals surface area contributed by atoms with Crippen molar-refractivity contribution < 1.29 is 0 Å². The summed E-state index contributed by atoms with van der Waals surface area (Å²) >= 11 is 5.88. The largest absolute Gasteiger partial charge is 0.324 e. The Kier molecular flexibility index (Phi) is 4.05. The molecule has 0 aliphatic carbocycles. The van der Waals surface area contributed by atoms with Crippen molar-refractivity contribution in [1.29, 1.82) is 0 Å². The van der Waals surface area contributed by atoms with Gasteiger partial charge in [-0.3, -0.25) is 0 Å². The first kappa shape index (κ1) is 13.1. The molecular formula is C16H18ClN. The average Bonchev–Trinajstić information content (AvgIpc) is 2.28. The Morgan fingerprint density at radius 3 is 2.11 bits per heavy atom. The van der Waals surface area contributed by atoms with Gasteiger partial charge in [-0.25, -0.2) is 0 Å². The highest BCUT2D eigenvalue weighted by Gasteiger charge is 2.07. The van der Waals surface area contributed by atoms with E-state index in [1.165, 1.54) is 16.7 Å². The molecule has 0 saturated carbocycles. The van der Waals surface area contributed by atoms with E-state index in [4.69, 9.17) is 17.3 Å². The summed E-state index contributed by atoms with van der Waals surface area (Å²) in [6, 6.07) is 14.4. The highest BCUT2D eigenvalue weighted by atomic mass is 35.5. The van der Waals surface area contributed by atoms with Crippen LogP contribution in [0.2, 0.25) is 5.02 Å². The predicted octanol–water partition coefficient (Wildman–Crippen LogP) is 4.20. The van der Waals surface area contributed by atoms with Gasteiger partial charge >= 0.3 is 0 Å². The Morgan fingerprint density at radius 1 is 1.00 bits per heavy atom. The van der Waals surface area contributed by atoms with E-state index in [0.717, 1.165) is 17.0 Å². The fourth-order valence-electron chi connectivity index (χ4n) is 2.27. The van der Waals surface area contributed by atoms with Crippen molar-refractivity contribution in [3.63, 3.8) is 0 Å². The summed E-state index contributed by atoms with van der Waals surface area (Å²) in [7, 11) is 0. The zero-order valence-electron chi connectivity index (χ0n) is 10.8. The highest BCUT2D eigenvalue weighted by Crippen LogP contribution is 2.19. The zero-order valence-corrected chi connectivity index (χ0v) is 11.5. The number of aryl methyl sites for hydroxylation is 2. The first-order valence-corrected chi connectivity index (χ1v) is 6.50. The summed E-state index contributed by atoms with van der Waals surface area (Å²) in [5, 5.41) is 0.748. The smallest absolute Gasteiger partial charge is 0.0406 e. The molecule has 0 aliphatic rings. The molecule has 0 heterocycles. The molecule has 1 atom stereocenters. The standard InChI is InChI=1S/C16H18ClN/c1-11-7-12(2)9-13(8-11)10-16(18)14-3-5-15(17)6-4-14/h3-9,16H,10,18H2,1-2H3. The third kappa shape index (κ3) is 3.34. The second-order valence-corrected chi connectivity index (χ2v) is 5.29. The van der Waals surface area contributed by atoms with E-state index in [0.29, 0.717) is 0 Å². The van der Waals surface area contributed by atoms with Crippen molar-refractivity contribution in [2.45, 2.75) is 26.3 Å². The van der Waals surface area contributed by atoms with Crippen LogP contribution in [0, 0.1) is 13.8 Å². The number of hydrogen-bond donors (Lipinski definition) is 1. The number of benzene rings is 2. The van der Waals surface area contributed by atoms with Crippen molar-refractivity contribution in [2.24, 2.45) is 5.73 Å². The Morgan fingerprint density at radius 2 is 1.56 bits per heavy atom. The molecule has 0 saturated heterocycles. The van der Waals surface area contributed by atoms with Crippen LogP contribution in [0.15, 0.2) is 42.5 Å². The Bertz CT molecular complexity index is 511. The lowest BCUT2D eigenvalue weighted by molar-refractivity contribution is 0.721. The minimum Gasteiger partial charge on any atom is -0.324 e. The second-order valence-electron chi connectivity index (χ2n) is 4.86. The zero-order chi connectivity index (χ0) is 13.1. The summed E-state index contributed by atoms with van der Waals surface area (Å²) in [6.07, 6.45) is 0.851. The molecule has 2 rings (SSSR count). The van der Waals surface area contributed by atoms with Crippen LogP contribution in [0.4, 0.5) is 0 Å². The molecule has 0 aromatic heterocycles. The van der Waals surface area contributed by atoms with Gasteiger partial charge in [0.1, 0.15) is 0 Å². The Labute approximate surface area is 114 Å². The summed E-state index contributed by atoms with van der Waals surface area (Å²) in [4.78, 5) is 0. The topological polar surface area (TPSA) is 26.0 Å². The molecular weight excluding hydrogens is 242 g/mol. The first-order valence-electron chi connectivity index (χ1n) is 6.13. The van der Waals surface area contributed by atoms with Gasteiger partial charge in [0.2, 0.25) is 0 Å². The van der Waals surface area contributed by atoms with Crippen LogP contribution in [0.25, 0.3) is 0 Å². The van der Waals surface area contributed by atoms with E-state index >= 15 is 0 Å². The van der Waals surface area contributed by atoms with Crippen molar-refractivity contribution >= 4 is 11.6 Å². The van der Waals surface area contributed by atoms with Crippen molar-refractivity contribution in [3.8, 4) is 0 Å². The number of hydrogen-bond acceptors (Lipinski definition) is 1. The van der Waals surface area contributed by atoms with Gasteiger partial charge in [0.05, 0.1) is 0 Å². The third-order valence-electron chi connectivity index (χ3n) is 3.04. The van der Waals surface area contributed by atoms with Crippen molar-refractivity contribution in [3.05, 3.63) is 69.7 Å². The number of nitrogens with two attached hydrogens (primary N) is 1. The van der Waals surface area contributed by atoms with Gasteiger partial charge in [0.25, 0.3) is 0 Å². The van der Waals surface area contributed by atoms with Crippen LogP contribution in [0.3, 0.4) is 0 Å². The summed E-state index contributed by atoms with van der Waals surface area (Å²) in [5.74, 6) is 0. The van der Waals surface area contributed by atoms with Crippen LogP contribution in [-0.4, -0.2) is 0 Å². The van der Waals surface area contributed by atoms with Gasteiger partial charge in [-0.05, 0) is 43.5 Å². The minimum atomic E-state index is 0.0171. The molecule has 2 heteroatoms. The molecule has 0 fully saturated rings. The maximum absolute atomic E-state index is 6.23. The van der Waals surface area contributed by atoms with Crippen LogP contribution in [0.5, 0.6) is 0 Å². The fraction of sp³-hybridized carbons (Fsp3) is 0.250. The van der Waals surface area contributed by atoms with Crippen molar-refractivity contribution in [2.75, 3.05) is 0 Å². The fourth-order valence-corrected chi connectivity index (χ4v) is 2.39. The maximum Gasteiger partial charge on any atom is 0.0406 e. The molecule has 1 unspecified atom stereocenters. The average molecular weight is 260 g/mol. The molecule has 2 aromatic rings. The lowest BCUT2D eigenvalue weighted by atomic mass is 9.97. The maximum atomic E-state index is 6.23. The van der Waals surface area contributed by atoms with E-state index in [2.05, 4.69) is 32.0 Å². The quantitative estimate of drug-likeness (QED) is 0.878. The summed E-state index contributed by atoms with van der Waals surface area (Å²) in [5.41, 5.74) is 11.2. The van der Waals surface area contributed by atoms with E-state index in [9.17, 15) is 0 Å². The molecule has 2 N–H and O–H groups in total. The van der Waals surface area contributed by atoms with Crippen LogP contribution in [0.1, 0.15) is 28.3 Å². The Balaban J connectivity index is 2.15. The molecule has 2 aromatic carbocycles. The van der Waals surface area contributed by atoms with Crippen molar-refractivity contribution in [1.82, 2.24) is 0 Å². The first-order chi connectivity index (χ1) is 8.54. The summed E-state index contributed by atoms with van der Waals surface area (Å²) < 4.78 is 0. The Hall–Kier alpha value is -1.31. The molecule has 94 valence electrons.